The molecule has 0 saturated heterocycles. The number of sulfone groups is 1. The van der Waals surface area contributed by atoms with Crippen LogP contribution in [0.5, 0.6) is 0 Å². The lowest BCUT2D eigenvalue weighted by Gasteiger charge is -2.06. The summed E-state index contributed by atoms with van der Waals surface area (Å²) in [5.41, 5.74) is -0.690. The van der Waals surface area contributed by atoms with Gasteiger partial charge in [0.05, 0.1) is 10.5 Å². The topological polar surface area (TPSA) is 102 Å². The van der Waals surface area contributed by atoms with Gasteiger partial charge in [0.25, 0.3) is 0 Å². The second-order valence-electron chi connectivity index (χ2n) is 4.43. The van der Waals surface area contributed by atoms with Crippen molar-refractivity contribution in [1.82, 2.24) is 14.8 Å². The third-order valence-electron chi connectivity index (χ3n) is 3.03. The smallest absolute Gasteiger partial charge is 0.338 e. The Hall–Kier alpha value is -2.29. The molecule has 21 heavy (non-hydrogen) atoms. The number of carboxylic acids is 1. The average molecular weight is 313 g/mol. The molecule has 7 nitrogen and oxygen atoms in total. The van der Waals surface area contributed by atoms with Crippen molar-refractivity contribution < 1.29 is 22.7 Å². The molecule has 2 aromatic rings. The normalized spacial score (nSPS) is 11.6. The van der Waals surface area contributed by atoms with Crippen LogP contribution >= 0.6 is 0 Å². The highest BCUT2D eigenvalue weighted by Gasteiger charge is 2.22. The lowest BCUT2D eigenvalue weighted by molar-refractivity contribution is 0.0691. The summed E-state index contributed by atoms with van der Waals surface area (Å²) in [6.45, 7) is 1.67. The maximum atomic E-state index is 13.3. The van der Waals surface area contributed by atoms with Gasteiger partial charge in [-0.2, -0.15) is 0 Å². The number of aromatic nitrogens is 3. The average Bonchev–Trinajstić information content (AvgIpc) is 2.70. The van der Waals surface area contributed by atoms with Crippen LogP contribution in [0.4, 0.5) is 4.39 Å². The molecule has 0 amide bonds. The molecule has 0 radical (unpaired) electrons. The minimum atomic E-state index is -3.85. The van der Waals surface area contributed by atoms with E-state index in [4.69, 9.17) is 5.11 Å². The molecule has 0 saturated carbocycles. The van der Waals surface area contributed by atoms with Crippen LogP contribution in [0.15, 0.2) is 23.1 Å². The highest BCUT2D eigenvalue weighted by molar-refractivity contribution is 7.90. The summed E-state index contributed by atoms with van der Waals surface area (Å²) in [7, 11) is -2.23. The summed E-state index contributed by atoms with van der Waals surface area (Å²) in [4.78, 5) is 10.6. The first kappa shape index (κ1) is 15.1. The highest BCUT2D eigenvalue weighted by Crippen LogP contribution is 2.19. The van der Waals surface area contributed by atoms with E-state index in [0.29, 0.717) is 5.82 Å². The Bertz CT molecular complexity index is 814. The molecule has 112 valence electrons. The molecule has 0 spiro atoms. The number of aromatic carboxylic acids is 1. The number of aryl methyl sites for hydroxylation is 1. The largest absolute Gasteiger partial charge is 0.478 e. The van der Waals surface area contributed by atoms with E-state index in [9.17, 15) is 17.6 Å². The second-order valence-corrected chi connectivity index (χ2v) is 6.42. The fourth-order valence-corrected chi connectivity index (χ4v) is 3.02. The van der Waals surface area contributed by atoms with Gasteiger partial charge in [-0.15, -0.1) is 10.2 Å². The number of carbonyl (C=O) groups is 1. The van der Waals surface area contributed by atoms with Crippen LogP contribution in [-0.4, -0.2) is 34.3 Å². The molecule has 0 aliphatic rings. The molecule has 0 unspecified atom stereocenters. The Morgan fingerprint density at radius 3 is 2.57 bits per heavy atom. The molecule has 0 aliphatic heterocycles. The fraction of sp³-hybridized carbons (Fsp3) is 0.250. The second kappa shape index (κ2) is 5.24. The third kappa shape index (κ3) is 2.92. The van der Waals surface area contributed by atoms with Crippen molar-refractivity contribution in [3.8, 4) is 0 Å². The number of benzene rings is 1. The van der Waals surface area contributed by atoms with Gasteiger partial charge in [-0.3, -0.25) is 0 Å². The van der Waals surface area contributed by atoms with Crippen LogP contribution in [0.25, 0.3) is 0 Å². The lowest BCUT2D eigenvalue weighted by Crippen LogP contribution is -2.11. The maximum absolute atomic E-state index is 13.3. The zero-order chi connectivity index (χ0) is 15.8. The zero-order valence-electron chi connectivity index (χ0n) is 11.2. The Morgan fingerprint density at radius 1 is 1.38 bits per heavy atom. The Kier molecular flexibility index (Phi) is 3.77. The first-order valence-electron chi connectivity index (χ1n) is 5.83. The summed E-state index contributed by atoms with van der Waals surface area (Å²) in [6, 6.07) is 2.65. The summed E-state index contributed by atoms with van der Waals surface area (Å²) in [5.74, 6) is -2.20. The number of carboxylic acid groups (broad SMARTS) is 1. The van der Waals surface area contributed by atoms with Gasteiger partial charge in [0.1, 0.15) is 23.2 Å². The molecule has 1 N–H and O–H groups in total. The van der Waals surface area contributed by atoms with E-state index in [1.165, 1.54) is 4.57 Å². The predicted molar refractivity (Wildman–Crippen MR) is 70.0 cm³/mol. The van der Waals surface area contributed by atoms with E-state index in [-0.39, 0.29) is 10.7 Å². The van der Waals surface area contributed by atoms with E-state index in [2.05, 4.69) is 10.2 Å². The van der Waals surface area contributed by atoms with Crippen molar-refractivity contribution in [3.63, 3.8) is 0 Å². The van der Waals surface area contributed by atoms with Crippen LogP contribution in [0.3, 0.4) is 0 Å². The van der Waals surface area contributed by atoms with Gasteiger partial charge in [-0.1, -0.05) is 0 Å². The van der Waals surface area contributed by atoms with Gasteiger partial charge < -0.3 is 9.67 Å². The van der Waals surface area contributed by atoms with Crippen molar-refractivity contribution in [2.24, 2.45) is 7.05 Å². The van der Waals surface area contributed by atoms with E-state index >= 15 is 0 Å². The van der Waals surface area contributed by atoms with Crippen molar-refractivity contribution in [1.29, 1.82) is 0 Å². The van der Waals surface area contributed by atoms with Crippen molar-refractivity contribution in [2.45, 2.75) is 17.6 Å². The standard InChI is InChI=1S/C12H12FN3O4S/c1-7-14-15-11(16(7)2)6-21(19,20)8-3-4-10(13)9(5-8)12(17)18/h3-5H,6H2,1-2H3,(H,17,18). The van der Waals surface area contributed by atoms with Crippen molar-refractivity contribution in [3.05, 3.63) is 41.2 Å². The van der Waals surface area contributed by atoms with Crippen molar-refractivity contribution in [2.75, 3.05) is 0 Å². The number of nitrogens with zero attached hydrogens (tertiary/aromatic N) is 3. The van der Waals surface area contributed by atoms with Crippen molar-refractivity contribution >= 4 is 15.8 Å². The SMILES string of the molecule is Cc1nnc(CS(=O)(=O)c2ccc(F)c(C(=O)O)c2)n1C. The van der Waals surface area contributed by atoms with Gasteiger partial charge >= 0.3 is 5.97 Å². The van der Waals surface area contributed by atoms with Gasteiger partial charge in [0, 0.05) is 7.05 Å². The van der Waals surface area contributed by atoms with Gasteiger partial charge in [0.15, 0.2) is 9.84 Å². The summed E-state index contributed by atoms with van der Waals surface area (Å²) in [6.07, 6.45) is 0. The van der Waals surface area contributed by atoms with Crippen LogP contribution < -0.4 is 0 Å². The molecule has 1 aromatic carbocycles. The predicted octanol–water partition coefficient (Wildman–Crippen LogP) is 0.935. The molecular formula is C12H12FN3O4S. The highest BCUT2D eigenvalue weighted by atomic mass is 32.2. The monoisotopic (exact) mass is 313 g/mol. The summed E-state index contributed by atoms with van der Waals surface area (Å²) >= 11 is 0. The molecule has 2 rings (SSSR count). The molecule has 1 aromatic heterocycles. The van der Waals surface area contributed by atoms with Gasteiger partial charge in [-0.05, 0) is 25.1 Å². The van der Waals surface area contributed by atoms with Crippen LogP contribution in [-0.2, 0) is 22.6 Å². The van der Waals surface area contributed by atoms with Crippen LogP contribution in [0.1, 0.15) is 22.0 Å². The maximum Gasteiger partial charge on any atom is 0.338 e. The number of hydrogen-bond acceptors (Lipinski definition) is 5. The number of hydrogen-bond donors (Lipinski definition) is 1. The van der Waals surface area contributed by atoms with Crippen LogP contribution in [0, 0.1) is 12.7 Å². The Labute approximate surface area is 120 Å². The molecule has 0 bridgehead atoms. The van der Waals surface area contributed by atoms with E-state index in [1.54, 1.807) is 14.0 Å². The van der Waals surface area contributed by atoms with Gasteiger partial charge in [-0.25, -0.2) is 17.6 Å². The van der Waals surface area contributed by atoms with E-state index in [1.807, 2.05) is 0 Å². The number of rotatable bonds is 4. The minimum absolute atomic E-state index is 0.216. The summed E-state index contributed by atoms with van der Waals surface area (Å²) < 4.78 is 39.3. The molecule has 9 heteroatoms. The van der Waals surface area contributed by atoms with Crippen LogP contribution in [0.2, 0.25) is 0 Å². The fourth-order valence-electron chi connectivity index (χ4n) is 1.69. The quantitative estimate of drug-likeness (QED) is 0.843. The Morgan fingerprint density at radius 2 is 2.05 bits per heavy atom. The molecule has 0 aliphatic carbocycles. The molecule has 0 fully saturated rings. The minimum Gasteiger partial charge on any atom is -0.478 e. The van der Waals surface area contributed by atoms with Gasteiger partial charge in [0.2, 0.25) is 0 Å². The lowest BCUT2D eigenvalue weighted by atomic mass is 10.2. The zero-order valence-corrected chi connectivity index (χ0v) is 12.1. The molecule has 0 atom stereocenters. The first-order valence-corrected chi connectivity index (χ1v) is 7.48. The third-order valence-corrected chi connectivity index (χ3v) is 4.64. The molecular weight excluding hydrogens is 301 g/mol. The molecule has 1 heterocycles. The number of halogens is 1. The van der Waals surface area contributed by atoms with E-state index < -0.39 is 32.9 Å². The summed E-state index contributed by atoms with van der Waals surface area (Å²) in [5, 5.41) is 16.3. The Balaban J connectivity index is 2.43. The van der Waals surface area contributed by atoms with E-state index in [0.717, 1.165) is 18.2 Å². The first-order chi connectivity index (χ1) is 9.72.